The number of carbonyl (C=O) groups excluding carboxylic acids is 1. The zero-order chi connectivity index (χ0) is 17.1. The first-order chi connectivity index (χ1) is 11.6. The van der Waals surface area contributed by atoms with Gasteiger partial charge in [-0.3, -0.25) is 4.79 Å². The highest BCUT2D eigenvalue weighted by molar-refractivity contribution is 5.95. The summed E-state index contributed by atoms with van der Waals surface area (Å²) < 4.78 is 21.8. The minimum absolute atomic E-state index is 0.0774. The summed E-state index contributed by atoms with van der Waals surface area (Å²) in [6.45, 7) is 3.35. The lowest BCUT2D eigenvalue weighted by Crippen LogP contribution is -2.42. The molecule has 3 rings (SSSR count). The molecule has 0 radical (unpaired) electrons. The molecule has 0 saturated carbocycles. The van der Waals surface area contributed by atoms with Crippen LogP contribution in [0.4, 0.5) is 0 Å². The van der Waals surface area contributed by atoms with E-state index in [0.717, 1.165) is 11.3 Å². The van der Waals surface area contributed by atoms with Gasteiger partial charge in [0.1, 0.15) is 23.4 Å². The number of amides is 1. The van der Waals surface area contributed by atoms with Gasteiger partial charge < -0.3 is 23.5 Å². The highest BCUT2D eigenvalue weighted by Gasteiger charge is 2.28. The molecular weight excluding hydrogens is 310 g/mol. The van der Waals surface area contributed by atoms with E-state index in [4.69, 9.17) is 18.6 Å². The van der Waals surface area contributed by atoms with E-state index in [1.165, 1.54) is 0 Å². The largest absolute Gasteiger partial charge is 0.496 e. The molecular formula is C18H21NO5. The molecule has 0 bridgehead atoms. The molecule has 1 aliphatic heterocycles. The van der Waals surface area contributed by atoms with Crippen LogP contribution in [0.15, 0.2) is 34.9 Å². The van der Waals surface area contributed by atoms with E-state index in [9.17, 15) is 4.79 Å². The topological polar surface area (TPSA) is 61.1 Å². The molecule has 6 heteroatoms. The first kappa shape index (κ1) is 16.4. The molecule has 0 unspecified atom stereocenters. The smallest absolute Gasteiger partial charge is 0.254 e. The molecule has 0 aliphatic carbocycles. The van der Waals surface area contributed by atoms with Crippen molar-refractivity contribution in [2.75, 3.05) is 33.9 Å². The molecule has 1 amide bonds. The van der Waals surface area contributed by atoms with Crippen LogP contribution in [0.25, 0.3) is 0 Å². The van der Waals surface area contributed by atoms with Crippen molar-refractivity contribution in [1.29, 1.82) is 0 Å². The van der Waals surface area contributed by atoms with Crippen molar-refractivity contribution < 1.29 is 23.4 Å². The first-order valence-corrected chi connectivity index (χ1v) is 7.81. The summed E-state index contributed by atoms with van der Waals surface area (Å²) in [6, 6.07) is 7.17. The second kappa shape index (κ2) is 6.97. The lowest BCUT2D eigenvalue weighted by atomic mass is 10.1. The van der Waals surface area contributed by atoms with E-state index in [0.29, 0.717) is 36.8 Å². The van der Waals surface area contributed by atoms with Crippen LogP contribution in [0.1, 0.15) is 27.8 Å². The molecule has 2 aromatic rings. The molecule has 1 aromatic carbocycles. The molecule has 0 N–H and O–H groups in total. The van der Waals surface area contributed by atoms with E-state index >= 15 is 0 Å². The molecule has 2 heterocycles. The number of benzene rings is 1. The predicted molar refractivity (Wildman–Crippen MR) is 87.6 cm³/mol. The Kier molecular flexibility index (Phi) is 4.76. The number of rotatable bonds is 4. The van der Waals surface area contributed by atoms with Gasteiger partial charge in [-0.15, -0.1) is 0 Å². The highest BCUT2D eigenvalue weighted by atomic mass is 16.5. The predicted octanol–water partition coefficient (Wildman–Crippen LogP) is 2.82. The van der Waals surface area contributed by atoms with Crippen LogP contribution in [-0.4, -0.2) is 44.7 Å². The lowest BCUT2D eigenvalue weighted by Gasteiger charge is -2.32. The summed E-state index contributed by atoms with van der Waals surface area (Å²) in [5.74, 6) is 1.92. The van der Waals surface area contributed by atoms with E-state index in [1.54, 1.807) is 37.5 Å². The van der Waals surface area contributed by atoms with E-state index in [2.05, 4.69) is 0 Å². The van der Waals surface area contributed by atoms with Crippen LogP contribution in [0.5, 0.6) is 11.5 Å². The number of methoxy groups -OCH3 is 2. The number of nitrogens with zero attached hydrogens (tertiary/aromatic N) is 1. The lowest BCUT2D eigenvalue weighted by molar-refractivity contribution is -0.0321. The number of morpholine rings is 1. The fourth-order valence-corrected chi connectivity index (χ4v) is 2.87. The summed E-state index contributed by atoms with van der Waals surface area (Å²) in [5.41, 5.74) is 1.40. The third-order valence-corrected chi connectivity index (χ3v) is 4.21. The van der Waals surface area contributed by atoms with Crippen molar-refractivity contribution in [2.24, 2.45) is 0 Å². The van der Waals surface area contributed by atoms with Gasteiger partial charge in [0.25, 0.3) is 5.91 Å². The maximum atomic E-state index is 12.9. The number of carbonyl (C=O) groups is 1. The molecule has 1 aliphatic rings. The second-order valence-electron chi connectivity index (χ2n) is 5.63. The Bertz CT molecular complexity index is 685. The van der Waals surface area contributed by atoms with Crippen molar-refractivity contribution in [2.45, 2.75) is 13.0 Å². The monoisotopic (exact) mass is 331 g/mol. The van der Waals surface area contributed by atoms with Crippen molar-refractivity contribution in [1.82, 2.24) is 4.90 Å². The SMILES string of the molecule is COc1cc(C(=O)N2CCO[C@@H](c3ccco3)C2)cc(OC)c1C. The summed E-state index contributed by atoms with van der Waals surface area (Å²) in [6.07, 6.45) is 1.36. The van der Waals surface area contributed by atoms with Gasteiger partial charge in [0.15, 0.2) is 0 Å². The van der Waals surface area contributed by atoms with E-state index in [-0.39, 0.29) is 12.0 Å². The Labute approximate surface area is 140 Å². The van der Waals surface area contributed by atoms with Crippen LogP contribution < -0.4 is 9.47 Å². The Hall–Kier alpha value is -2.47. The third-order valence-electron chi connectivity index (χ3n) is 4.21. The fraction of sp³-hybridized carbons (Fsp3) is 0.389. The molecule has 24 heavy (non-hydrogen) atoms. The fourth-order valence-electron chi connectivity index (χ4n) is 2.87. The number of furan rings is 1. The number of hydrogen-bond acceptors (Lipinski definition) is 5. The average molecular weight is 331 g/mol. The van der Waals surface area contributed by atoms with Gasteiger partial charge in [-0.2, -0.15) is 0 Å². The summed E-state index contributed by atoms with van der Waals surface area (Å²) in [5, 5.41) is 0. The maximum Gasteiger partial charge on any atom is 0.254 e. The molecule has 0 spiro atoms. The summed E-state index contributed by atoms with van der Waals surface area (Å²) in [7, 11) is 3.16. The average Bonchev–Trinajstić information content (AvgIpc) is 3.16. The van der Waals surface area contributed by atoms with Crippen molar-refractivity contribution >= 4 is 5.91 Å². The molecule has 1 atom stereocenters. The molecule has 128 valence electrons. The quantitative estimate of drug-likeness (QED) is 0.862. The van der Waals surface area contributed by atoms with Gasteiger partial charge in [-0.05, 0) is 31.2 Å². The minimum atomic E-state index is -0.244. The van der Waals surface area contributed by atoms with Gasteiger partial charge in [-0.1, -0.05) is 0 Å². The zero-order valence-electron chi connectivity index (χ0n) is 14.1. The number of hydrogen-bond donors (Lipinski definition) is 0. The van der Waals surface area contributed by atoms with Gasteiger partial charge >= 0.3 is 0 Å². The van der Waals surface area contributed by atoms with Gasteiger partial charge in [-0.25, -0.2) is 0 Å². The van der Waals surface area contributed by atoms with Crippen LogP contribution in [-0.2, 0) is 4.74 Å². The van der Waals surface area contributed by atoms with Crippen molar-refractivity contribution in [3.8, 4) is 11.5 Å². The molecule has 1 fully saturated rings. The zero-order valence-corrected chi connectivity index (χ0v) is 14.1. The second-order valence-corrected chi connectivity index (χ2v) is 5.63. The van der Waals surface area contributed by atoms with Crippen LogP contribution in [0.2, 0.25) is 0 Å². The van der Waals surface area contributed by atoms with Crippen LogP contribution >= 0.6 is 0 Å². The summed E-state index contributed by atoms with van der Waals surface area (Å²) in [4.78, 5) is 14.7. The van der Waals surface area contributed by atoms with Gasteiger partial charge in [0.2, 0.25) is 0 Å². The first-order valence-electron chi connectivity index (χ1n) is 7.81. The minimum Gasteiger partial charge on any atom is -0.496 e. The Morgan fingerprint density at radius 1 is 1.25 bits per heavy atom. The number of ether oxygens (including phenoxy) is 3. The van der Waals surface area contributed by atoms with Gasteiger partial charge in [0.05, 0.1) is 33.6 Å². The Morgan fingerprint density at radius 3 is 2.54 bits per heavy atom. The standard InChI is InChI=1S/C18H21NO5/c1-12-15(21-2)9-13(10-16(12)22-3)18(20)19-6-8-24-17(11-19)14-5-4-7-23-14/h4-5,7,9-10,17H,6,8,11H2,1-3H3/t17-/m1/s1. The van der Waals surface area contributed by atoms with E-state index in [1.807, 2.05) is 19.1 Å². The van der Waals surface area contributed by atoms with Crippen LogP contribution in [0.3, 0.4) is 0 Å². The maximum absolute atomic E-state index is 12.9. The van der Waals surface area contributed by atoms with Crippen molar-refractivity contribution in [3.63, 3.8) is 0 Å². The van der Waals surface area contributed by atoms with Crippen molar-refractivity contribution in [3.05, 3.63) is 47.4 Å². The van der Waals surface area contributed by atoms with Gasteiger partial charge in [0, 0.05) is 17.7 Å². The molecule has 1 saturated heterocycles. The third kappa shape index (κ3) is 3.10. The highest BCUT2D eigenvalue weighted by Crippen LogP contribution is 2.31. The molecule has 6 nitrogen and oxygen atoms in total. The van der Waals surface area contributed by atoms with Crippen LogP contribution in [0, 0.1) is 6.92 Å². The Balaban J connectivity index is 1.83. The Morgan fingerprint density at radius 2 is 1.96 bits per heavy atom. The van der Waals surface area contributed by atoms with E-state index < -0.39 is 0 Å². The molecule has 1 aromatic heterocycles. The summed E-state index contributed by atoms with van der Waals surface area (Å²) >= 11 is 0. The normalized spacial score (nSPS) is 17.6.